The standard InChI is InChI=1S/C13H28N2O2/c1-5-6-12(14)9-13(16)15(7-8-17-4)10-11(2)3/h11-12H,5-10,14H2,1-4H3. The van der Waals surface area contributed by atoms with Crippen molar-refractivity contribution in [2.75, 3.05) is 26.8 Å². The lowest BCUT2D eigenvalue weighted by atomic mass is 10.1. The molecule has 0 fully saturated rings. The van der Waals surface area contributed by atoms with Crippen LogP contribution in [0.4, 0.5) is 0 Å². The van der Waals surface area contributed by atoms with Crippen molar-refractivity contribution < 1.29 is 9.53 Å². The summed E-state index contributed by atoms with van der Waals surface area (Å²) in [6.45, 7) is 8.33. The maximum Gasteiger partial charge on any atom is 0.224 e. The minimum absolute atomic E-state index is 0.00953. The first-order valence-electron chi connectivity index (χ1n) is 6.53. The van der Waals surface area contributed by atoms with Crippen molar-refractivity contribution in [2.45, 2.75) is 46.1 Å². The van der Waals surface area contributed by atoms with Crippen LogP contribution < -0.4 is 5.73 Å². The zero-order valence-electron chi connectivity index (χ0n) is 11.7. The molecule has 1 atom stereocenters. The Kier molecular flexibility index (Phi) is 9.09. The van der Waals surface area contributed by atoms with Crippen molar-refractivity contribution in [2.24, 2.45) is 11.7 Å². The van der Waals surface area contributed by atoms with Gasteiger partial charge in [0, 0.05) is 32.7 Å². The fourth-order valence-corrected chi connectivity index (χ4v) is 1.79. The largest absolute Gasteiger partial charge is 0.383 e. The number of hydrogen-bond acceptors (Lipinski definition) is 3. The van der Waals surface area contributed by atoms with Crippen molar-refractivity contribution in [3.05, 3.63) is 0 Å². The third-order valence-electron chi connectivity index (χ3n) is 2.60. The van der Waals surface area contributed by atoms with Gasteiger partial charge < -0.3 is 15.4 Å². The van der Waals surface area contributed by atoms with Crippen LogP contribution in [0.1, 0.15) is 40.0 Å². The van der Waals surface area contributed by atoms with Crippen molar-refractivity contribution in [1.29, 1.82) is 0 Å². The van der Waals surface area contributed by atoms with Gasteiger partial charge in [-0.05, 0) is 12.3 Å². The molecule has 17 heavy (non-hydrogen) atoms. The van der Waals surface area contributed by atoms with E-state index >= 15 is 0 Å². The van der Waals surface area contributed by atoms with Gasteiger partial charge in [-0.1, -0.05) is 27.2 Å². The van der Waals surface area contributed by atoms with E-state index in [0.717, 1.165) is 19.4 Å². The highest BCUT2D eigenvalue weighted by Gasteiger charge is 2.17. The Morgan fingerprint density at radius 1 is 1.41 bits per heavy atom. The number of carbonyl (C=O) groups excluding carboxylic acids is 1. The fraction of sp³-hybridized carbons (Fsp3) is 0.923. The van der Waals surface area contributed by atoms with Crippen LogP contribution in [-0.2, 0) is 9.53 Å². The third-order valence-corrected chi connectivity index (χ3v) is 2.60. The molecule has 4 nitrogen and oxygen atoms in total. The van der Waals surface area contributed by atoms with Gasteiger partial charge in [0.2, 0.25) is 5.91 Å². The Balaban J connectivity index is 4.20. The van der Waals surface area contributed by atoms with E-state index in [9.17, 15) is 4.79 Å². The van der Waals surface area contributed by atoms with Gasteiger partial charge in [-0.25, -0.2) is 0 Å². The van der Waals surface area contributed by atoms with E-state index in [0.29, 0.717) is 25.5 Å². The molecule has 0 aliphatic heterocycles. The number of hydrogen-bond donors (Lipinski definition) is 1. The van der Waals surface area contributed by atoms with Gasteiger partial charge in [-0.15, -0.1) is 0 Å². The SMILES string of the molecule is CCCC(N)CC(=O)N(CCOC)CC(C)C. The molecular weight excluding hydrogens is 216 g/mol. The summed E-state index contributed by atoms with van der Waals surface area (Å²) in [6.07, 6.45) is 2.38. The van der Waals surface area contributed by atoms with Crippen molar-refractivity contribution in [3.63, 3.8) is 0 Å². The van der Waals surface area contributed by atoms with Crippen LogP contribution in [0.5, 0.6) is 0 Å². The average Bonchev–Trinajstić information content (AvgIpc) is 2.23. The summed E-state index contributed by atoms with van der Waals surface area (Å²) < 4.78 is 5.03. The predicted octanol–water partition coefficient (Wildman–Crippen LogP) is 1.63. The van der Waals surface area contributed by atoms with Gasteiger partial charge in [0.05, 0.1) is 6.61 Å². The fourth-order valence-electron chi connectivity index (χ4n) is 1.79. The van der Waals surface area contributed by atoms with Gasteiger partial charge >= 0.3 is 0 Å². The predicted molar refractivity (Wildman–Crippen MR) is 70.8 cm³/mol. The van der Waals surface area contributed by atoms with E-state index in [4.69, 9.17) is 10.5 Å². The lowest BCUT2D eigenvalue weighted by Crippen LogP contribution is -2.39. The van der Waals surface area contributed by atoms with Crippen molar-refractivity contribution in [3.8, 4) is 0 Å². The number of nitrogens with two attached hydrogens (primary N) is 1. The van der Waals surface area contributed by atoms with Crippen LogP contribution in [-0.4, -0.2) is 43.7 Å². The molecule has 102 valence electrons. The van der Waals surface area contributed by atoms with Crippen LogP contribution in [0.25, 0.3) is 0 Å². The molecule has 0 aromatic heterocycles. The molecule has 0 rings (SSSR count). The number of amides is 1. The molecule has 0 aliphatic rings. The third kappa shape index (κ3) is 8.16. The van der Waals surface area contributed by atoms with E-state index in [1.807, 2.05) is 4.90 Å². The van der Waals surface area contributed by atoms with Crippen LogP contribution in [0, 0.1) is 5.92 Å². The minimum atomic E-state index is -0.00953. The summed E-state index contributed by atoms with van der Waals surface area (Å²) >= 11 is 0. The lowest BCUT2D eigenvalue weighted by Gasteiger charge is -2.25. The normalized spacial score (nSPS) is 12.8. The summed E-state index contributed by atoms with van der Waals surface area (Å²) in [6, 6.07) is -0.00953. The minimum Gasteiger partial charge on any atom is -0.383 e. The highest BCUT2D eigenvalue weighted by molar-refractivity contribution is 5.76. The van der Waals surface area contributed by atoms with Crippen molar-refractivity contribution in [1.82, 2.24) is 4.90 Å². The molecule has 0 saturated carbocycles. The Labute approximate surface area is 105 Å². The molecule has 2 N–H and O–H groups in total. The molecule has 0 heterocycles. The molecule has 0 spiro atoms. The van der Waals surface area contributed by atoms with Crippen LogP contribution in [0.2, 0.25) is 0 Å². The Morgan fingerprint density at radius 3 is 2.53 bits per heavy atom. The van der Waals surface area contributed by atoms with Gasteiger partial charge in [-0.2, -0.15) is 0 Å². The lowest BCUT2D eigenvalue weighted by molar-refractivity contribution is -0.132. The highest BCUT2D eigenvalue weighted by atomic mass is 16.5. The van der Waals surface area contributed by atoms with Crippen molar-refractivity contribution >= 4 is 5.91 Å². The molecule has 0 radical (unpaired) electrons. The van der Waals surface area contributed by atoms with E-state index in [1.165, 1.54) is 0 Å². The number of rotatable bonds is 9. The molecule has 1 unspecified atom stereocenters. The molecule has 0 aliphatic carbocycles. The monoisotopic (exact) mass is 244 g/mol. The second-order valence-electron chi connectivity index (χ2n) is 4.98. The summed E-state index contributed by atoms with van der Waals surface area (Å²) in [5.41, 5.74) is 5.90. The van der Waals surface area contributed by atoms with E-state index in [1.54, 1.807) is 7.11 Å². The first kappa shape index (κ1) is 16.4. The van der Waals surface area contributed by atoms with Gasteiger partial charge in [0.25, 0.3) is 0 Å². The molecule has 0 aromatic rings. The summed E-state index contributed by atoms with van der Waals surface area (Å²) in [5, 5.41) is 0. The summed E-state index contributed by atoms with van der Waals surface area (Å²) in [7, 11) is 1.65. The first-order chi connectivity index (χ1) is 8.01. The number of nitrogens with zero attached hydrogens (tertiary/aromatic N) is 1. The van der Waals surface area contributed by atoms with Crippen LogP contribution in [0.3, 0.4) is 0 Å². The smallest absolute Gasteiger partial charge is 0.224 e. The average molecular weight is 244 g/mol. The zero-order chi connectivity index (χ0) is 13.3. The Hall–Kier alpha value is -0.610. The Morgan fingerprint density at radius 2 is 2.06 bits per heavy atom. The second-order valence-corrected chi connectivity index (χ2v) is 4.98. The number of carbonyl (C=O) groups is 1. The van der Waals surface area contributed by atoms with Crippen LogP contribution >= 0.6 is 0 Å². The molecule has 0 aromatic carbocycles. The maximum atomic E-state index is 12.1. The van der Waals surface area contributed by atoms with Crippen LogP contribution in [0.15, 0.2) is 0 Å². The molecule has 1 amide bonds. The Bertz CT molecular complexity index is 208. The molecule has 0 saturated heterocycles. The zero-order valence-corrected chi connectivity index (χ0v) is 11.7. The molecular formula is C13H28N2O2. The molecule has 0 bridgehead atoms. The second kappa shape index (κ2) is 9.42. The maximum absolute atomic E-state index is 12.1. The van der Waals surface area contributed by atoms with Gasteiger partial charge in [-0.3, -0.25) is 4.79 Å². The van der Waals surface area contributed by atoms with E-state index < -0.39 is 0 Å². The van der Waals surface area contributed by atoms with E-state index in [2.05, 4.69) is 20.8 Å². The number of methoxy groups -OCH3 is 1. The summed E-state index contributed by atoms with van der Waals surface area (Å²) in [5.74, 6) is 0.620. The topological polar surface area (TPSA) is 55.6 Å². The highest BCUT2D eigenvalue weighted by Crippen LogP contribution is 2.05. The van der Waals surface area contributed by atoms with Gasteiger partial charge in [0.1, 0.15) is 0 Å². The van der Waals surface area contributed by atoms with E-state index in [-0.39, 0.29) is 11.9 Å². The number of ether oxygens (including phenoxy) is 1. The quantitative estimate of drug-likeness (QED) is 0.671. The molecule has 4 heteroatoms. The first-order valence-corrected chi connectivity index (χ1v) is 6.53. The van der Waals surface area contributed by atoms with Gasteiger partial charge in [0.15, 0.2) is 0 Å². The summed E-state index contributed by atoms with van der Waals surface area (Å²) in [4.78, 5) is 13.9.